The van der Waals surface area contributed by atoms with E-state index in [0.717, 1.165) is 23.3 Å². The Morgan fingerprint density at radius 3 is 3.05 bits per heavy atom. The molecule has 0 radical (unpaired) electrons. The van der Waals surface area contributed by atoms with Gasteiger partial charge in [-0.2, -0.15) is 5.10 Å². The van der Waals surface area contributed by atoms with Crippen molar-refractivity contribution in [2.75, 3.05) is 6.61 Å². The Labute approximate surface area is 124 Å². The smallest absolute Gasteiger partial charge is 0.257 e. The number of nitrogens with zero attached hydrogens (tertiary/aromatic N) is 1. The number of ether oxygens (including phenoxy) is 1. The van der Waals surface area contributed by atoms with Gasteiger partial charge >= 0.3 is 0 Å². The van der Waals surface area contributed by atoms with Crippen molar-refractivity contribution < 1.29 is 9.53 Å². The Balaban J connectivity index is 1.94. The van der Waals surface area contributed by atoms with Crippen LogP contribution in [0.2, 0.25) is 0 Å². The van der Waals surface area contributed by atoms with Crippen molar-refractivity contribution in [2.24, 2.45) is 16.8 Å². The number of hydrazone groups is 1. The third-order valence-electron chi connectivity index (χ3n) is 3.62. The lowest BCUT2D eigenvalue weighted by molar-refractivity contribution is -0.123. The highest BCUT2D eigenvalue weighted by Gasteiger charge is 2.18. The number of carbonyl (C=O) groups is 1. The summed E-state index contributed by atoms with van der Waals surface area (Å²) in [7, 11) is 0. The van der Waals surface area contributed by atoms with E-state index in [9.17, 15) is 4.79 Å². The summed E-state index contributed by atoms with van der Waals surface area (Å²) in [5.41, 5.74) is 10.2. The van der Waals surface area contributed by atoms with E-state index in [1.165, 1.54) is 0 Å². The standard InChI is InChI=1S/C16H21N3O2/c1-3-11(2)15(17)16(20)19-18-9-12-8-13-6-4-5-7-14(13)21-10-12/h4-9,11,15H,3,10,17H2,1-2H3,(H,19,20)/b18-9-/t11-,15-/m1/s1. The van der Waals surface area contributed by atoms with E-state index in [1.807, 2.05) is 44.2 Å². The fourth-order valence-electron chi connectivity index (χ4n) is 1.97. The normalized spacial score (nSPS) is 16.6. The zero-order chi connectivity index (χ0) is 15.2. The number of rotatable bonds is 5. The van der Waals surface area contributed by atoms with E-state index in [0.29, 0.717) is 6.61 Å². The molecule has 1 aliphatic rings. The predicted octanol–water partition coefficient (Wildman–Crippen LogP) is 1.94. The van der Waals surface area contributed by atoms with E-state index in [2.05, 4.69) is 10.5 Å². The first kappa shape index (κ1) is 15.3. The summed E-state index contributed by atoms with van der Waals surface area (Å²) >= 11 is 0. The topological polar surface area (TPSA) is 76.7 Å². The van der Waals surface area contributed by atoms with Gasteiger partial charge in [0.2, 0.25) is 0 Å². The number of para-hydroxylation sites is 1. The van der Waals surface area contributed by atoms with Crippen molar-refractivity contribution in [3.8, 4) is 5.75 Å². The minimum absolute atomic E-state index is 0.129. The molecule has 0 spiro atoms. The number of carbonyl (C=O) groups excluding carboxylic acids is 1. The van der Waals surface area contributed by atoms with E-state index in [-0.39, 0.29) is 11.8 Å². The first-order valence-corrected chi connectivity index (χ1v) is 7.12. The number of hydrogen-bond donors (Lipinski definition) is 2. The molecule has 1 aromatic carbocycles. The van der Waals surface area contributed by atoms with Crippen molar-refractivity contribution in [3.63, 3.8) is 0 Å². The molecular weight excluding hydrogens is 266 g/mol. The minimum Gasteiger partial charge on any atom is -0.488 e. The molecule has 2 rings (SSSR count). The van der Waals surface area contributed by atoms with Crippen LogP contribution in [0.3, 0.4) is 0 Å². The van der Waals surface area contributed by atoms with E-state index >= 15 is 0 Å². The molecule has 112 valence electrons. The van der Waals surface area contributed by atoms with Gasteiger partial charge in [-0.1, -0.05) is 38.5 Å². The maximum atomic E-state index is 11.8. The van der Waals surface area contributed by atoms with Gasteiger partial charge < -0.3 is 10.5 Å². The molecule has 1 amide bonds. The fourth-order valence-corrected chi connectivity index (χ4v) is 1.97. The van der Waals surface area contributed by atoms with Gasteiger partial charge in [0, 0.05) is 11.1 Å². The zero-order valence-electron chi connectivity index (χ0n) is 12.4. The lowest BCUT2D eigenvalue weighted by Crippen LogP contribution is -2.42. The van der Waals surface area contributed by atoms with Gasteiger partial charge in [0.15, 0.2) is 0 Å². The summed E-state index contributed by atoms with van der Waals surface area (Å²) in [5.74, 6) is 0.722. The maximum Gasteiger partial charge on any atom is 0.257 e. The summed E-state index contributed by atoms with van der Waals surface area (Å²) in [6, 6.07) is 7.24. The molecule has 5 nitrogen and oxygen atoms in total. The summed E-state index contributed by atoms with van der Waals surface area (Å²) in [6.07, 6.45) is 4.44. The summed E-state index contributed by atoms with van der Waals surface area (Å²) in [5, 5.41) is 3.95. The zero-order valence-corrected chi connectivity index (χ0v) is 12.4. The summed E-state index contributed by atoms with van der Waals surface area (Å²) in [4.78, 5) is 11.8. The van der Waals surface area contributed by atoms with Crippen LogP contribution in [-0.2, 0) is 4.79 Å². The number of nitrogens with one attached hydrogen (secondary N) is 1. The molecule has 21 heavy (non-hydrogen) atoms. The Morgan fingerprint density at radius 2 is 2.29 bits per heavy atom. The molecule has 0 bridgehead atoms. The number of fused-ring (bicyclic) bond motifs is 1. The molecule has 3 N–H and O–H groups in total. The third kappa shape index (κ3) is 3.92. The van der Waals surface area contributed by atoms with Crippen LogP contribution in [0.15, 0.2) is 34.9 Å². The van der Waals surface area contributed by atoms with Crippen molar-refractivity contribution in [3.05, 3.63) is 35.4 Å². The van der Waals surface area contributed by atoms with Gasteiger partial charge in [0.1, 0.15) is 12.4 Å². The highest BCUT2D eigenvalue weighted by Crippen LogP contribution is 2.24. The van der Waals surface area contributed by atoms with Crippen LogP contribution in [0.1, 0.15) is 25.8 Å². The minimum atomic E-state index is -0.538. The predicted molar refractivity (Wildman–Crippen MR) is 84.0 cm³/mol. The van der Waals surface area contributed by atoms with Crippen LogP contribution < -0.4 is 15.9 Å². The molecular formula is C16H21N3O2. The van der Waals surface area contributed by atoms with Crippen molar-refractivity contribution >= 4 is 18.2 Å². The van der Waals surface area contributed by atoms with Gasteiger partial charge in [-0.3, -0.25) is 4.79 Å². The van der Waals surface area contributed by atoms with Crippen LogP contribution >= 0.6 is 0 Å². The van der Waals surface area contributed by atoms with Gasteiger partial charge in [0.05, 0.1) is 12.3 Å². The Hall–Kier alpha value is -2.14. The van der Waals surface area contributed by atoms with Crippen LogP contribution in [-0.4, -0.2) is 24.8 Å². The van der Waals surface area contributed by atoms with Crippen LogP contribution in [0.4, 0.5) is 0 Å². The van der Waals surface area contributed by atoms with Gasteiger partial charge in [-0.25, -0.2) is 5.43 Å². The molecule has 1 heterocycles. The number of hydrogen-bond acceptors (Lipinski definition) is 4. The molecule has 0 saturated carbocycles. The van der Waals surface area contributed by atoms with Crippen molar-refractivity contribution in [2.45, 2.75) is 26.3 Å². The second-order valence-corrected chi connectivity index (χ2v) is 5.19. The van der Waals surface area contributed by atoms with Crippen molar-refractivity contribution in [1.82, 2.24) is 5.43 Å². The third-order valence-corrected chi connectivity index (χ3v) is 3.62. The number of nitrogens with two attached hydrogens (primary N) is 1. The molecule has 2 atom stereocenters. The highest BCUT2D eigenvalue weighted by atomic mass is 16.5. The molecule has 0 fully saturated rings. The van der Waals surface area contributed by atoms with E-state index in [1.54, 1.807) is 6.21 Å². The Morgan fingerprint density at radius 1 is 1.52 bits per heavy atom. The average Bonchev–Trinajstić information content (AvgIpc) is 2.53. The fraction of sp³-hybridized carbons (Fsp3) is 0.375. The van der Waals surface area contributed by atoms with E-state index in [4.69, 9.17) is 10.5 Å². The molecule has 5 heteroatoms. The van der Waals surface area contributed by atoms with Gasteiger partial charge in [-0.05, 0) is 18.1 Å². The molecule has 1 aromatic rings. The van der Waals surface area contributed by atoms with Crippen LogP contribution in [0, 0.1) is 5.92 Å². The Kier molecular flexibility index (Phi) is 5.11. The molecule has 1 aliphatic heterocycles. The summed E-state index contributed by atoms with van der Waals surface area (Å²) < 4.78 is 5.60. The monoisotopic (exact) mass is 287 g/mol. The highest BCUT2D eigenvalue weighted by molar-refractivity contribution is 5.89. The largest absolute Gasteiger partial charge is 0.488 e. The van der Waals surface area contributed by atoms with Gasteiger partial charge in [0.25, 0.3) is 5.91 Å². The lowest BCUT2D eigenvalue weighted by Gasteiger charge is -2.16. The first-order chi connectivity index (χ1) is 10.1. The number of amides is 1. The SMILES string of the molecule is CC[C@@H](C)[C@@H](N)C(=O)N/N=C\C1=Cc2ccccc2OC1. The number of benzene rings is 1. The quantitative estimate of drug-likeness (QED) is 0.642. The first-order valence-electron chi connectivity index (χ1n) is 7.12. The second kappa shape index (κ2) is 7.04. The lowest BCUT2D eigenvalue weighted by atomic mass is 10.00. The van der Waals surface area contributed by atoms with Crippen molar-refractivity contribution in [1.29, 1.82) is 0 Å². The van der Waals surface area contributed by atoms with E-state index < -0.39 is 6.04 Å². The summed E-state index contributed by atoms with van der Waals surface area (Å²) in [6.45, 7) is 4.39. The van der Waals surface area contributed by atoms with Gasteiger partial charge in [-0.15, -0.1) is 0 Å². The molecule has 0 aliphatic carbocycles. The molecule has 0 saturated heterocycles. The molecule has 0 unspecified atom stereocenters. The second-order valence-electron chi connectivity index (χ2n) is 5.19. The average molecular weight is 287 g/mol. The molecule has 0 aromatic heterocycles. The maximum absolute atomic E-state index is 11.8. The Bertz CT molecular complexity index is 566. The van der Waals surface area contributed by atoms with Crippen LogP contribution in [0.5, 0.6) is 5.75 Å². The van der Waals surface area contributed by atoms with Crippen LogP contribution in [0.25, 0.3) is 6.08 Å².